The molecule has 0 fully saturated rings. The molecule has 0 radical (unpaired) electrons. The van der Waals surface area contributed by atoms with Gasteiger partial charge in [0.05, 0.1) is 21.9 Å². The van der Waals surface area contributed by atoms with Gasteiger partial charge in [0.1, 0.15) is 12.4 Å². The van der Waals surface area contributed by atoms with Gasteiger partial charge in [0.25, 0.3) is 0 Å². The monoisotopic (exact) mass is 401 g/mol. The minimum atomic E-state index is -0.203. The van der Waals surface area contributed by atoms with Crippen molar-refractivity contribution in [2.24, 2.45) is 0 Å². The molecule has 0 bridgehead atoms. The van der Waals surface area contributed by atoms with Gasteiger partial charge in [-0.3, -0.25) is 9.78 Å². The van der Waals surface area contributed by atoms with Crippen LogP contribution >= 0.6 is 11.3 Å². The second kappa shape index (κ2) is 8.67. The summed E-state index contributed by atoms with van der Waals surface area (Å²) >= 11 is 1.60. The number of carbonyl (C=O) groups is 1. The molecule has 0 unspecified atom stereocenters. The first-order chi connectivity index (χ1) is 14.2. The quantitative estimate of drug-likeness (QED) is 0.449. The molecule has 0 aliphatic heterocycles. The number of benzene rings is 2. The van der Waals surface area contributed by atoms with E-state index >= 15 is 0 Å². The van der Waals surface area contributed by atoms with Gasteiger partial charge in [-0.05, 0) is 55.0 Å². The highest BCUT2D eigenvalue weighted by Gasteiger charge is 2.04. The summed E-state index contributed by atoms with van der Waals surface area (Å²) in [5.74, 6) is 0.531. The Morgan fingerprint density at radius 1 is 1.17 bits per heavy atom. The van der Waals surface area contributed by atoms with Crippen LogP contribution in [0.3, 0.4) is 0 Å². The fourth-order valence-electron chi connectivity index (χ4n) is 2.90. The summed E-state index contributed by atoms with van der Waals surface area (Å²) in [7, 11) is 0. The Kier molecular flexibility index (Phi) is 5.63. The first-order valence-corrected chi connectivity index (χ1v) is 10.0. The van der Waals surface area contributed by atoms with Crippen LogP contribution < -0.4 is 10.1 Å². The number of thiazole rings is 1. The molecule has 29 heavy (non-hydrogen) atoms. The Hall–Kier alpha value is -3.51. The average Bonchev–Trinajstić information content (AvgIpc) is 3.17. The predicted molar refractivity (Wildman–Crippen MR) is 117 cm³/mol. The zero-order chi connectivity index (χ0) is 20.1. The van der Waals surface area contributed by atoms with Crippen LogP contribution in [0.5, 0.6) is 5.75 Å². The number of pyridine rings is 1. The molecule has 0 aliphatic rings. The summed E-state index contributed by atoms with van der Waals surface area (Å²) in [5, 5.41) is 6.84. The molecule has 144 valence electrons. The second-order valence-electron chi connectivity index (χ2n) is 6.42. The van der Waals surface area contributed by atoms with Crippen molar-refractivity contribution in [2.45, 2.75) is 13.5 Å². The summed E-state index contributed by atoms with van der Waals surface area (Å²) in [5.41, 5.74) is 3.37. The lowest BCUT2D eigenvalue weighted by Gasteiger charge is -2.06. The molecule has 2 aromatic carbocycles. The van der Waals surface area contributed by atoms with Crippen molar-refractivity contribution < 1.29 is 9.53 Å². The molecule has 0 spiro atoms. The lowest BCUT2D eigenvalue weighted by molar-refractivity contribution is -0.111. The van der Waals surface area contributed by atoms with Crippen molar-refractivity contribution in [2.75, 3.05) is 5.32 Å². The number of ether oxygens (including phenoxy) is 1. The van der Waals surface area contributed by atoms with Crippen LogP contribution in [0.4, 0.5) is 5.69 Å². The molecule has 0 saturated heterocycles. The normalized spacial score (nSPS) is 11.1. The number of carbonyl (C=O) groups excluding carboxylic acids is 1. The highest BCUT2D eigenvalue weighted by molar-refractivity contribution is 7.09. The minimum Gasteiger partial charge on any atom is -0.487 e. The van der Waals surface area contributed by atoms with E-state index in [9.17, 15) is 4.79 Å². The van der Waals surface area contributed by atoms with Crippen LogP contribution in [0, 0.1) is 6.92 Å². The molecule has 5 nitrogen and oxygen atoms in total. The number of aromatic nitrogens is 2. The van der Waals surface area contributed by atoms with Crippen molar-refractivity contribution in [1.29, 1.82) is 0 Å². The molecule has 0 saturated carbocycles. The smallest absolute Gasteiger partial charge is 0.248 e. The van der Waals surface area contributed by atoms with Gasteiger partial charge in [0.15, 0.2) is 0 Å². The van der Waals surface area contributed by atoms with Gasteiger partial charge in [-0.15, -0.1) is 11.3 Å². The molecule has 2 aromatic heterocycles. The fourth-order valence-corrected chi connectivity index (χ4v) is 3.50. The fraction of sp³-hybridized carbons (Fsp3) is 0.0870. The number of rotatable bonds is 6. The maximum atomic E-state index is 12.4. The number of anilines is 1. The van der Waals surface area contributed by atoms with E-state index in [1.165, 1.54) is 6.08 Å². The van der Waals surface area contributed by atoms with Crippen molar-refractivity contribution in [1.82, 2.24) is 9.97 Å². The SMILES string of the molecule is Cc1nc(COc2cccc(/C=C/C(=O)Nc3cccc4ncccc34)c2)cs1. The van der Waals surface area contributed by atoms with Crippen molar-refractivity contribution in [3.05, 3.63) is 88.5 Å². The van der Waals surface area contributed by atoms with Crippen molar-refractivity contribution in [3.8, 4) is 5.75 Å². The first-order valence-electron chi connectivity index (χ1n) is 9.14. The van der Waals surface area contributed by atoms with Crippen LogP contribution in [-0.4, -0.2) is 15.9 Å². The number of hydrogen-bond donors (Lipinski definition) is 1. The minimum absolute atomic E-state index is 0.203. The van der Waals surface area contributed by atoms with Crippen molar-refractivity contribution >= 4 is 39.9 Å². The molecule has 0 aliphatic carbocycles. The number of nitrogens with zero attached hydrogens (tertiary/aromatic N) is 2. The second-order valence-corrected chi connectivity index (χ2v) is 7.48. The van der Waals surface area contributed by atoms with E-state index in [-0.39, 0.29) is 5.91 Å². The summed E-state index contributed by atoms with van der Waals surface area (Å²) in [6.07, 6.45) is 5.01. The number of amides is 1. The Balaban J connectivity index is 1.41. The van der Waals surface area contributed by atoms with Crippen LogP contribution in [0.2, 0.25) is 0 Å². The van der Waals surface area contributed by atoms with E-state index < -0.39 is 0 Å². The van der Waals surface area contributed by atoms with Gasteiger partial charge >= 0.3 is 0 Å². The summed E-state index contributed by atoms with van der Waals surface area (Å²) in [6.45, 7) is 2.40. The van der Waals surface area contributed by atoms with Gasteiger partial charge in [-0.2, -0.15) is 0 Å². The Labute approximate surface area is 172 Å². The first kappa shape index (κ1) is 18.8. The molecular weight excluding hydrogens is 382 g/mol. The Morgan fingerprint density at radius 2 is 2.07 bits per heavy atom. The van der Waals surface area contributed by atoms with Gasteiger partial charge in [-0.25, -0.2) is 4.98 Å². The zero-order valence-corrected chi connectivity index (χ0v) is 16.6. The summed E-state index contributed by atoms with van der Waals surface area (Å²) < 4.78 is 5.80. The zero-order valence-electron chi connectivity index (χ0n) is 15.8. The number of hydrogen-bond acceptors (Lipinski definition) is 5. The van der Waals surface area contributed by atoms with E-state index in [4.69, 9.17) is 4.74 Å². The predicted octanol–water partition coefficient (Wildman–Crippen LogP) is 5.23. The third-order valence-corrected chi connectivity index (χ3v) is 5.06. The average molecular weight is 401 g/mol. The highest BCUT2D eigenvalue weighted by atomic mass is 32.1. The third-order valence-electron chi connectivity index (χ3n) is 4.24. The molecule has 4 aromatic rings. The van der Waals surface area contributed by atoms with Gasteiger partial charge in [0, 0.05) is 23.0 Å². The number of aryl methyl sites for hydroxylation is 1. The van der Waals surface area contributed by atoms with E-state index in [1.807, 2.05) is 66.9 Å². The molecule has 6 heteroatoms. The number of fused-ring (bicyclic) bond motifs is 1. The lowest BCUT2D eigenvalue weighted by atomic mass is 10.1. The molecule has 4 rings (SSSR count). The van der Waals surface area contributed by atoms with E-state index in [0.29, 0.717) is 6.61 Å². The molecule has 2 heterocycles. The van der Waals surface area contributed by atoms with Crippen LogP contribution in [0.1, 0.15) is 16.3 Å². The number of nitrogens with one attached hydrogen (secondary N) is 1. The Bertz CT molecular complexity index is 1180. The van der Waals surface area contributed by atoms with Crippen LogP contribution in [0.15, 0.2) is 72.3 Å². The molecule has 1 amide bonds. The van der Waals surface area contributed by atoms with E-state index in [0.717, 1.165) is 38.6 Å². The molecule has 0 atom stereocenters. The van der Waals surface area contributed by atoms with Gasteiger partial charge in [0.2, 0.25) is 5.91 Å². The van der Waals surface area contributed by atoms with Crippen LogP contribution in [0.25, 0.3) is 17.0 Å². The van der Waals surface area contributed by atoms with Gasteiger partial charge in [-0.1, -0.05) is 18.2 Å². The van der Waals surface area contributed by atoms with Crippen LogP contribution in [-0.2, 0) is 11.4 Å². The standard InChI is InChI=1S/C23H19N3O2S/c1-16-25-18(15-29-16)14-28-19-6-2-5-17(13-19)10-11-23(27)26-22-9-3-8-21-20(22)7-4-12-24-21/h2-13,15H,14H2,1H3,(H,26,27)/b11-10+. The molecular formula is C23H19N3O2S. The van der Waals surface area contributed by atoms with E-state index in [2.05, 4.69) is 15.3 Å². The maximum Gasteiger partial charge on any atom is 0.248 e. The topological polar surface area (TPSA) is 64.1 Å². The molecule has 1 N–H and O–H groups in total. The largest absolute Gasteiger partial charge is 0.487 e. The summed E-state index contributed by atoms with van der Waals surface area (Å²) in [4.78, 5) is 21.1. The lowest BCUT2D eigenvalue weighted by Crippen LogP contribution is -2.08. The maximum absolute atomic E-state index is 12.4. The van der Waals surface area contributed by atoms with Crippen molar-refractivity contribution in [3.63, 3.8) is 0 Å². The summed E-state index contributed by atoms with van der Waals surface area (Å²) in [6, 6.07) is 17.0. The Morgan fingerprint density at radius 3 is 2.93 bits per heavy atom. The third kappa shape index (κ3) is 4.86. The van der Waals surface area contributed by atoms with Gasteiger partial charge < -0.3 is 10.1 Å². The van der Waals surface area contributed by atoms with E-state index in [1.54, 1.807) is 23.6 Å². The highest BCUT2D eigenvalue weighted by Crippen LogP contribution is 2.21.